The highest BCUT2D eigenvalue weighted by molar-refractivity contribution is 7.80. The molecule has 1 heterocycles. The van der Waals surface area contributed by atoms with Crippen LogP contribution in [0.3, 0.4) is 0 Å². The van der Waals surface area contributed by atoms with Crippen molar-refractivity contribution in [2.75, 3.05) is 13.2 Å². The number of aliphatic hydroxyl groups excluding tert-OH is 4. The van der Waals surface area contributed by atoms with Crippen LogP contribution in [-0.4, -0.2) is 95.4 Å². The zero-order valence-corrected chi connectivity index (χ0v) is 39.6. The molecule has 12 nitrogen and oxygen atoms in total. The molecule has 6 N–H and O–H groups in total. The molecule has 61 heavy (non-hydrogen) atoms. The highest BCUT2D eigenvalue weighted by Gasteiger charge is 2.48. The van der Waals surface area contributed by atoms with Crippen LogP contribution in [0.2, 0.25) is 0 Å². The Morgan fingerprint density at radius 3 is 1.48 bits per heavy atom. The Hall–Kier alpha value is -1.16. The third-order valence-electron chi connectivity index (χ3n) is 12.1. The van der Waals surface area contributed by atoms with E-state index in [0.717, 1.165) is 64.2 Å². The van der Waals surface area contributed by atoms with Gasteiger partial charge < -0.3 is 35.2 Å². The van der Waals surface area contributed by atoms with Crippen molar-refractivity contribution in [2.45, 2.75) is 275 Å². The van der Waals surface area contributed by atoms with Crippen LogP contribution < -0.4 is 5.32 Å². The van der Waals surface area contributed by atoms with E-state index in [2.05, 4.69) is 35.5 Å². The lowest BCUT2D eigenvalue weighted by Gasteiger charge is -2.41. The van der Waals surface area contributed by atoms with E-state index in [1.807, 2.05) is 0 Å². The summed E-state index contributed by atoms with van der Waals surface area (Å²) in [6.45, 7) is 3.46. The fourth-order valence-corrected chi connectivity index (χ4v) is 8.67. The second-order valence-electron chi connectivity index (χ2n) is 17.8. The molecule has 0 saturated carbocycles. The van der Waals surface area contributed by atoms with Crippen molar-refractivity contribution in [2.24, 2.45) is 0 Å². The van der Waals surface area contributed by atoms with Crippen molar-refractivity contribution < 1.29 is 51.8 Å². The molecule has 1 amide bonds. The summed E-state index contributed by atoms with van der Waals surface area (Å²) in [6, 6.07) is -0.859. The maximum Gasteiger partial charge on any atom is 0.397 e. The average molecular weight is 892 g/mol. The number of allylic oxidation sites excluding steroid dienone is 2. The minimum absolute atomic E-state index is 0.236. The van der Waals surface area contributed by atoms with Gasteiger partial charge in [-0.3, -0.25) is 9.35 Å². The van der Waals surface area contributed by atoms with E-state index < -0.39 is 59.9 Å². The average Bonchev–Trinajstić information content (AvgIpc) is 3.23. The Kier molecular flexibility index (Phi) is 37.2. The number of hydrogen-bond acceptors (Lipinski definition) is 10. The van der Waals surface area contributed by atoms with Crippen molar-refractivity contribution in [3.8, 4) is 0 Å². The van der Waals surface area contributed by atoms with Crippen LogP contribution in [0, 0.1) is 0 Å². The van der Waals surface area contributed by atoms with Crippen LogP contribution in [0.25, 0.3) is 0 Å². The second kappa shape index (κ2) is 39.2. The summed E-state index contributed by atoms with van der Waals surface area (Å²) < 4.78 is 47.7. The van der Waals surface area contributed by atoms with Gasteiger partial charge in [0.15, 0.2) is 6.29 Å². The lowest BCUT2D eigenvalue weighted by molar-refractivity contribution is -0.298. The Balaban J connectivity index is 2.46. The molecule has 1 aliphatic heterocycles. The molecule has 7 unspecified atom stereocenters. The van der Waals surface area contributed by atoms with Gasteiger partial charge in [-0.15, -0.1) is 0 Å². The Morgan fingerprint density at radius 1 is 0.639 bits per heavy atom. The first-order valence-electron chi connectivity index (χ1n) is 25.1. The van der Waals surface area contributed by atoms with Crippen molar-refractivity contribution >= 4 is 16.3 Å². The van der Waals surface area contributed by atoms with E-state index in [1.165, 1.54) is 135 Å². The molecule has 0 aromatic rings. The van der Waals surface area contributed by atoms with Crippen molar-refractivity contribution in [1.82, 2.24) is 5.32 Å². The number of hydrogen-bond donors (Lipinski definition) is 6. The largest absolute Gasteiger partial charge is 0.397 e. The van der Waals surface area contributed by atoms with Gasteiger partial charge in [-0.2, -0.15) is 8.42 Å². The molecule has 1 saturated heterocycles. The highest BCUT2D eigenvalue weighted by atomic mass is 32.3. The monoisotopic (exact) mass is 892 g/mol. The molecular weight excluding hydrogens is 799 g/mol. The van der Waals surface area contributed by atoms with E-state index in [0.29, 0.717) is 12.8 Å². The number of ether oxygens (including phenoxy) is 2. The van der Waals surface area contributed by atoms with E-state index in [-0.39, 0.29) is 18.9 Å². The lowest BCUT2D eigenvalue weighted by atomic mass is 9.99. The van der Waals surface area contributed by atoms with Gasteiger partial charge in [-0.05, 0) is 38.5 Å². The summed E-state index contributed by atoms with van der Waals surface area (Å²) in [5.41, 5.74) is 0. The number of amides is 1. The molecule has 0 aromatic heterocycles. The molecule has 0 bridgehead atoms. The van der Waals surface area contributed by atoms with Crippen molar-refractivity contribution in [3.05, 3.63) is 12.2 Å². The zero-order chi connectivity index (χ0) is 44.8. The van der Waals surface area contributed by atoms with Gasteiger partial charge in [0.1, 0.15) is 24.4 Å². The van der Waals surface area contributed by atoms with Gasteiger partial charge in [0.2, 0.25) is 5.91 Å². The third-order valence-corrected chi connectivity index (χ3v) is 12.5. The fraction of sp³-hybridized carbons (Fsp3) is 0.938. The summed E-state index contributed by atoms with van der Waals surface area (Å²) in [5, 5.41) is 44.9. The van der Waals surface area contributed by atoms with Crippen molar-refractivity contribution in [1.29, 1.82) is 0 Å². The highest BCUT2D eigenvalue weighted by Crippen LogP contribution is 2.26. The van der Waals surface area contributed by atoms with E-state index in [1.54, 1.807) is 0 Å². The van der Waals surface area contributed by atoms with Gasteiger partial charge in [0.25, 0.3) is 0 Å². The Morgan fingerprint density at radius 2 is 1.05 bits per heavy atom. The summed E-state index contributed by atoms with van der Waals surface area (Å²) in [5.74, 6) is -0.236. The first kappa shape index (κ1) is 57.9. The van der Waals surface area contributed by atoms with Gasteiger partial charge in [-0.1, -0.05) is 199 Å². The van der Waals surface area contributed by atoms with E-state index in [9.17, 15) is 38.2 Å². The van der Waals surface area contributed by atoms with Crippen LogP contribution in [0.4, 0.5) is 0 Å². The summed E-state index contributed by atoms with van der Waals surface area (Å²) in [4.78, 5) is 13.1. The fourth-order valence-electron chi connectivity index (χ4n) is 8.16. The molecule has 0 aliphatic carbocycles. The quantitative estimate of drug-likeness (QED) is 0.0194. The predicted molar refractivity (Wildman–Crippen MR) is 246 cm³/mol. The molecule has 362 valence electrons. The number of rotatable bonds is 43. The molecule has 1 aliphatic rings. The number of carbonyl (C=O) groups excluding carboxylic acids is 1. The molecule has 1 fully saturated rings. The number of nitrogens with one attached hydrogen (secondary N) is 1. The topological polar surface area (TPSA) is 192 Å². The predicted octanol–water partition coefficient (Wildman–Crippen LogP) is 10.3. The normalized spacial score (nSPS) is 20.7. The molecule has 7 atom stereocenters. The van der Waals surface area contributed by atoms with Gasteiger partial charge >= 0.3 is 10.4 Å². The SMILES string of the molecule is CCCCCCCCC/C=C\CCCCCCCC(=O)NC(COC1OC(CO)C(O)C(OS(=O)(=O)O)C1O)C(O)CCCCCCCCCCCCCCCCCCCC. The van der Waals surface area contributed by atoms with Gasteiger partial charge in [0, 0.05) is 6.42 Å². The lowest BCUT2D eigenvalue weighted by Crippen LogP contribution is -2.61. The van der Waals surface area contributed by atoms with Crippen LogP contribution in [0.5, 0.6) is 0 Å². The van der Waals surface area contributed by atoms with Gasteiger partial charge in [-0.25, -0.2) is 4.18 Å². The number of carbonyl (C=O) groups is 1. The second-order valence-corrected chi connectivity index (χ2v) is 18.8. The molecular formula is C48H93NO11S. The number of aliphatic hydroxyl groups is 4. The van der Waals surface area contributed by atoms with E-state index in [4.69, 9.17) is 9.47 Å². The van der Waals surface area contributed by atoms with Crippen molar-refractivity contribution in [3.63, 3.8) is 0 Å². The molecule has 0 spiro atoms. The van der Waals surface area contributed by atoms with Crippen LogP contribution in [0.1, 0.15) is 232 Å². The summed E-state index contributed by atoms with van der Waals surface area (Å²) >= 11 is 0. The smallest absolute Gasteiger partial charge is 0.394 e. The standard InChI is InChI=1S/C48H93NO11S/c1-3-5-7-9-11-13-15-17-19-21-22-23-25-27-29-31-33-35-37-42(51)41(40-58-48-46(54)47(60-61(55,56)57)45(53)43(39-50)59-48)49-44(52)38-36-34-32-30-28-26-24-20-18-16-14-12-10-8-6-4-2/h20,24,41-43,45-48,50-51,53-54H,3-19,21-23,25-40H2,1-2H3,(H,49,52)(H,55,56,57)/b24-20-. The maximum absolute atomic E-state index is 13.1. The summed E-state index contributed by atoms with van der Waals surface area (Å²) in [6.07, 6.45) is 34.9. The minimum atomic E-state index is -5.08. The van der Waals surface area contributed by atoms with E-state index >= 15 is 0 Å². The van der Waals surface area contributed by atoms with Crippen LogP contribution >= 0.6 is 0 Å². The molecule has 13 heteroatoms. The summed E-state index contributed by atoms with van der Waals surface area (Å²) in [7, 11) is -5.08. The zero-order valence-electron chi connectivity index (χ0n) is 38.7. The molecule has 0 aromatic carbocycles. The Labute approximate surface area is 372 Å². The maximum atomic E-state index is 13.1. The van der Waals surface area contributed by atoms with Crippen LogP contribution in [-0.2, 0) is 28.9 Å². The molecule has 0 radical (unpaired) electrons. The Bertz CT molecular complexity index is 1140. The first-order chi connectivity index (χ1) is 29.5. The molecule has 1 rings (SSSR count). The van der Waals surface area contributed by atoms with Crippen LogP contribution in [0.15, 0.2) is 12.2 Å². The minimum Gasteiger partial charge on any atom is -0.394 e. The first-order valence-corrected chi connectivity index (χ1v) is 26.4. The number of unbranched alkanes of at least 4 members (excludes halogenated alkanes) is 29. The van der Waals surface area contributed by atoms with Gasteiger partial charge in [0.05, 0.1) is 25.4 Å². The third kappa shape index (κ3) is 32.2.